The quantitative estimate of drug-likeness (QED) is 0.737. The van der Waals surface area contributed by atoms with Gasteiger partial charge in [-0.25, -0.2) is 4.98 Å². The van der Waals surface area contributed by atoms with E-state index >= 15 is 0 Å². The minimum atomic E-state index is -0.0530. The van der Waals surface area contributed by atoms with E-state index < -0.39 is 0 Å². The van der Waals surface area contributed by atoms with Crippen LogP contribution >= 0.6 is 11.3 Å². The molecule has 0 atom stereocenters. The molecule has 0 aliphatic rings. The third kappa shape index (κ3) is 4.26. The third-order valence-corrected chi connectivity index (χ3v) is 4.28. The first-order valence-electron chi connectivity index (χ1n) is 7.72. The van der Waals surface area contributed by atoms with Gasteiger partial charge in [0.2, 0.25) is 17.6 Å². The maximum Gasteiger partial charge on any atom is 0.226 e. The second-order valence-electron chi connectivity index (χ2n) is 5.58. The normalized spacial score (nSPS) is 10.8. The Morgan fingerprint density at radius 1 is 1.29 bits per heavy atom. The molecule has 3 rings (SSSR count). The SMILES string of the molecule is Cc1cccc(-c2noc(CCCC(=O)Nc3nc(C)cs3)n2)c1. The van der Waals surface area contributed by atoms with E-state index in [2.05, 4.69) is 20.4 Å². The van der Waals surface area contributed by atoms with Gasteiger partial charge in [-0.2, -0.15) is 4.98 Å². The Morgan fingerprint density at radius 3 is 2.92 bits per heavy atom. The van der Waals surface area contributed by atoms with Gasteiger partial charge in [0.25, 0.3) is 0 Å². The smallest absolute Gasteiger partial charge is 0.226 e. The summed E-state index contributed by atoms with van der Waals surface area (Å²) >= 11 is 1.43. The Balaban J connectivity index is 1.49. The highest BCUT2D eigenvalue weighted by molar-refractivity contribution is 7.13. The van der Waals surface area contributed by atoms with Crippen LogP contribution in [0.4, 0.5) is 5.13 Å². The number of hydrogen-bond donors (Lipinski definition) is 1. The maximum atomic E-state index is 11.9. The van der Waals surface area contributed by atoms with E-state index in [4.69, 9.17) is 4.52 Å². The highest BCUT2D eigenvalue weighted by Gasteiger charge is 2.10. The van der Waals surface area contributed by atoms with Crippen LogP contribution in [-0.2, 0) is 11.2 Å². The number of hydrogen-bond acceptors (Lipinski definition) is 6. The molecule has 2 heterocycles. The zero-order chi connectivity index (χ0) is 16.9. The highest BCUT2D eigenvalue weighted by Crippen LogP contribution is 2.18. The van der Waals surface area contributed by atoms with Crippen LogP contribution in [0.5, 0.6) is 0 Å². The van der Waals surface area contributed by atoms with Gasteiger partial charge in [-0.3, -0.25) is 4.79 Å². The first-order chi connectivity index (χ1) is 11.6. The lowest BCUT2D eigenvalue weighted by Gasteiger charge is -1.99. The Kier molecular flexibility index (Phi) is 5.00. The first kappa shape index (κ1) is 16.3. The van der Waals surface area contributed by atoms with Gasteiger partial charge in [-0.15, -0.1) is 11.3 Å². The molecule has 24 heavy (non-hydrogen) atoms. The van der Waals surface area contributed by atoms with Crippen LogP contribution in [0.3, 0.4) is 0 Å². The number of nitrogens with one attached hydrogen (secondary N) is 1. The van der Waals surface area contributed by atoms with Crippen LogP contribution in [0.1, 0.15) is 30.0 Å². The fourth-order valence-electron chi connectivity index (χ4n) is 2.25. The average Bonchev–Trinajstić information content (AvgIpc) is 3.17. The van der Waals surface area contributed by atoms with Crippen molar-refractivity contribution in [2.24, 2.45) is 0 Å². The summed E-state index contributed by atoms with van der Waals surface area (Å²) in [4.78, 5) is 20.5. The summed E-state index contributed by atoms with van der Waals surface area (Å²) in [5.74, 6) is 1.07. The molecule has 6 nitrogen and oxygen atoms in total. The molecule has 0 fully saturated rings. The summed E-state index contributed by atoms with van der Waals surface area (Å²) in [7, 11) is 0. The fraction of sp³-hybridized carbons (Fsp3) is 0.294. The van der Waals surface area contributed by atoms with Crippen molar-refractivity contribution in [3.8, 4) is 11.4 Å². The van der Waals surface area contributed by atoms with Gasteiger partial charge >= 0.3 is 0 Å². The minimum Gasteiger partial charge on any atom is -0.339 e. The molecule has 124 valence electrons. The summed E-state index contributed by atoms with van der Waals surface area (Å²) in [6.07, 6.45) is 1.61. The lowest BCUT2D eigenvalue weighted by atomic mass is 10.1. The predicted octanol–water partition coefficient (Wildman–Crippen LogP) is 3.77. The van der Waals surface area contributed by atoms with E-state index in [0.717, 1.165) is 16.8 Å². The van der Waals surface area contributed by atoms with Crippen molar-refractivity contribution < 1.29 is 9.32 Å². The number of carbonyl (C=O) groups is 1. The van der Waals surface area contributed by atoms with Crippen molar-refractivity contribution in [3.05, 3.63) is 46.8 Å². The number of amides is 1. The number of benzene rings is 1. The number of carbonyl (C=O) groups excluding carboxylic acids is 1. The van der Waals surface area contributed by atoms with Crippen molar-refractivity contribution in [1.29, 1.82) is 0 Å². The van der Waals surface area contributed by atoms with E-state index in [1.54, 1.807) is 0 Å². The van der Waals surface area contributed by atoms with Gasteiger partial charge in [0.05, 0.1) is 5.69 Å². The predicted molar refractivity (Wildman–Crippen MR) is 92.9 cm³/mol. The Morgan fingerprint density at radius 2 is 2.17 bits per heavy atom. The molecule has 1 N–H and O–H groups in total. The molecular weight excluding hydrogens is 324 g/mol. The van der Waals surface area contributed by atoms with Crippen LogP contribution in [0.15, 0.2) is 34.2 Å². The second-order valence-corrected chi connectivity index (χ2v) is 6.44. The molecule has 0 saturated carbocycles. The van der Waals surface area contributed by atoms with E-state index in [-0.39, 0.29) is 5.91 Å². The first-order valence-corrected chi connectivity index (χ1v) is 8.60. The standard InChI is InChI=1S/C17H18N4O2S/c1-11-5-3-6-13(9-11)16-20-15(23-21-16)8-4-7-14(22)19-17-18-12(2)10-24-17/h3,5-6,9-10H,4,7-8H2,1-2H3,(H,18,19,22). The fourth-order valence-corrected chi connectivity index (χ4v) is 2.96. The van der Waals surface area contributed by atoms with Crippen LogP contribution in [0.25, 0.3) is 11.4 Å². The molecule has 1 aromatic carbocycles. The molecule has 3 aromatic rings. The van der Waals surface area contributed by atoms with Gasteiger partial charge in [0.1, 0.15) is 0 Å². The Bertz CT molecular complexity index is 840. The average molecular weight is 342 g/mol. The Labute approximate surface area is 143 Å². The molecule has 0 aliphatic carbocycles. The van der Waals surface area contributed by atoms with Gasteiger partial charge in [0.15, 0.2) is 5.13 Å². The maximum absolute atomic E-state index is 11.9. The number of nitrogens with zero attached hydrogens (tertiary/aromatic N) is 3. The van der Waals surface area contributed by atoms with Gasteiger partial charge in [0, 0.05) is 23.8 Å². The van der Waals surface area contributed by atoms with Crippen molar-refractivity contribution in [1.82, 2.24) is 15.1 Å². The molecule has 0 unspecified atom stereocenters. The molecule has 0 saturated heterocycles. The number of anilines is 1. The zero-order valence-corrected chi connectivity index (χ0v) is 14.4. The number of rotatable bonds is 6. The van der Waals surface area contributed by atoms with Gasteiger partial charge < -0.3 is 9.84 Å². The molecule has 0 radical (unpaired) electrons. The summed E-state index contributed by atoms with van der Waals surface area (Å²) in [5.41, 5.74) is 2.99. The van der Waals surface area contributed by atoms with Crippen molar-refractivity contribution in [2.45, 2.75) is 33.1 Å². The molecule has 0 bridgehead atoms. The molecule has 0 aliphatic heterocycles. The van der Waals surface area contributed by atoms with E-state index in [1.807, 2.05) is 43.5 Å². The van der Waals surface area contributed by atoms with Crippen LogP contribution in [0, 0.1) is 13.8 Å². The Hall–Kier alpha value is -2.54. The van der Waals surface area contributed by atoms with E-state index in [1.165, 1.54) is 11.3 Å². The van der Waals surface area contributed by atoms with Crippen molar-refractivity contribution in [2.75, 3.05) is 5.32 Å². The van der Waals surface area contributed by atoms with Crippen LogP contribution < -0.4 is 5.32 Å². The number of thiazole rings is 1. The number of aryl methyl sites for hydroxylation is 3. The second kappa shape index (κ2) is 7.35. The van der Waals surface area contributed by atoms with Crippen LogP contribution in [0.2, 0.25) is 0 Å². The molecular formula is C17H18N4O2S. The van der Waals surface area contributed by atoms with E-state index in [0.29, 0.717) is 36.1 Å². The van der Waals surface area contributed by atoms with Crippen molar-refractivity contribution in [3.63, 3.8) is 0 Å². The molecule has 2 aromatic heterocycles. The topological polar surface area (TPSA) is 80.9 Å². The highest BCUT2D eigenvalue weighted by atomic mass is 32.1. The van der Waals surface area contributed by atoms with Crippen LogP contribution in [-0.4, -0.2) is 21.0 Å². The summed E-state index contributed by atoms with van der Waals surface area (Å²) < 4.78 is 5.26. The largest absolute Gasteiger partial charge is 0.339 e. The van der Waals surface area contributed by atoms with Gasteiger partial charge in [-0.1, -0.05) is 28.9 Å². The summed E-state index contributed by atoms with van der Waals surface area (Å²) in [6, 6.07) is 7.95. The zero-order valence-electron chi connectivity index (χ0n) is 13.6. The lowest BCUT2D eigenvalue weighted by molar-refractivity contribution is -0.116. The summed E-state index contributed by atoms with van der Waals surface area (Å²) in [6.45, 7) is 3.92. The van der Waals surface area contributed by atoms with Gasteiger partial charge in [-0.05, 0) is 26.3 Å². The van der Waals surface area contributed by atoms with Crippen molar-refractivity contribution >= 4 is 22.4 Å². The molecule has 7 heteroatoms. The molecule has 0 spiro atoms. The monoisotopic (exact) mass is 342 g/mol. The minimum absolute atomic E-state index is 0.0530. The number of aromatic nitrogens is 3. The molecule has 1 amide bonds. The summed E-state index contributed by atoms with van der Waals surface area (Å²) in [5, 5.41) is 9.33. The van der Waals surface area contributed by atoms with E-state index in [9.17, 15) is 4.79 Å². The third-order valence-electron chi connectivity index (χ3n) is 3.40. The lowest BCUT2D eigenvalue weighted by Crippen LogP contribution is -2.11.